The van der Waals surface area contributed by atoms with Gasteiger partial charge >= 0.3 is 0 Å². The molecular formula is C24H23FN2O2S. The maximum absolute atomic E-state index is 13.7. The molecule has 30 heavy (non-hydrogen) atoms. The molecule has 0 radical (unpaired) electrons. The first-order chi connectivity index (χ1) is 14.5. The number of rotatable bonds is 7. The van der Waals surface area contributed by atoms with Crippen molar-refractivity contribution in [3.8, 4) is 0 Å². The van der Waals surface area contributed by atoms with E-state index < -0.39 is 11.7 Å². The second-order valence-corrected chi connectivity index (χ2v) is 7.81. The van der Waals surface area contributed by atoms with E-state index in [4.69, 9.17) is 0 Å². The standard InChI is InChI=1S/C24H23FN2O2S/c1-3-17-8-6-7-16(2)23(17)27-22(28)15-30-19-13-11-18(12-14-19)26-24(29)20-9-4-5-10-21(20)25/h4-14H,3,15H2,1-2H3,(H,26,29)(H,27,28). The summed E-state index contributed by atoms with van der Waals surface area (Å²) in [5, 5.41) is 5.68. The Kier molecular flexibility index (Phi) is 7.25. The zero-order valence-electron chi connectivity index (χ0n) is 16.9. The number of benzene rings is 3. The normalized spacial score (nSPS) is 10.5. The molecule has 0 atom stereocenters. The van der Waals surface area contributed by atoms with Gasteiger partial charge in [-0.05, 0) is 60.9 Å². The van der Waals surface area contributed by atoms with Crippen molar-refractivity contribution < 1.29 is 14.0 Å². The number of carbonyl (C=O) groups is 2. The van der Waals surface area contributed by atoms with Gasteiger partial charge in [-0.15, -0.1) is 11.8 Å². The summed E-state index contributed by atoms with van der Waals surface area (Å²) in [5.41, 5.74) is 3.60. The van der Waals surface area contributed by atoms with Gasteiger partial charge in [-0.3, -0.25) is 9.59 Å². The Balaban J connectivity index is 1.55. The third-order valence-electron chi connectivity index (χ3n) is 4.61. The van der Waals surface area contributed by atoms with Crippen LogP contribution >= 0.6 is 11.8 Å². The summed E-state index contributed by atoms with van der Waals surface area (Å²) in [4.78, 5) is 25.5. The van der Waals surface area contributed by atoms with Gasteiger partial charge in [-0.2, -0.15) is 0 Å². The van der Waals surface area contributed by atoms with Crippen LogP contribution in [-0.2, 0) is 11.2 Å². The van der Waals surface area contributed by atoms with Gasteiger partial charge in [0.15, 0.2) is 0 Å². The van der Waals surface area contributed by atoms with Crippen molar-refractivity contribution in [2.24, 2.45) is 0 Å². The molecule has 0 unspecified atom stereocenters. The van der Waals surface area contributed by atoms with Crippen molar-refractivity contribution in [1.82, 2.24) is 0 Å². The minimum absolute atomic E-state index is 0.00437. The van der Waals surface area contributed by atoms with Crippen LogP contribution in [0.4, 0.5) is 15.8 Å². The van der Waals surface area contributed by atoms with Crippen molar-refractivity contribution in [3.63, 3.8) is 0 Å². The molecule has 154 valence electrons. The predicted molar refractivity (Wildman–Crippen MR) is 121 cm³/mol. The number of thioether (sulfide) groups is 1. The summed E-state index contributed by atoms with van der Waals surface area (Å²) in [7, 11) is 0. The number of carbonyl (C=O) groups excluding carboxylic acids is 2. The smallest absolute Gasteiger partial charge is 0.258 e. The Bertz CT molecular complexity index is 1050. The average Bonchev–Trinajstić information content (AvgIpc) is 2.75. The zero-order valence-corrected chi connectivity index (χ0v) is 17.7. The third kappa shape index (κ3) is 5.48. The van der Waals surface area contributed by atoms with Gasteiger partial charge in [-0.25, -0.2) is 4.39 Å². The molecule has 0 heterocycles. The summed E-state index contributed by atoms with van der Waals surface area (Å²) in [6, 6.07) is 18.9. The fraction of sp³-hybridized carbons (Fsp3) is 0.167. The Hall–Kier alpha value is -3.12. The van der Waals surface area contributed by atoms with Crippen LogP contribution in [0.1, 0.15) is 28.4 Å². The molecule has 0 spiro atoms. The van der Waals surface area contributed by atoms with Gasteiger partial charge in [0.25, 0.3) is 5.91 Å². The summed E-state index contributed by atoms with van der Waals surface area (Å²) >= 11 is 1.41. The molecule has 0 aromatic heterocycles. The molecule has 4 nitrogen and oxygen atoms in total. The monoisotopic (exact) mass is 422 g/mol. The fourth-order valence-corrected chi connectivity index (χ4v) is 3.70. The number of anilines is 2. The van der Waals surface area contributed by atoms with Crippen LogP contribution in [0, 0.1) is 12.7 Å². The van der Waals surface area contributed by atoms with Crippen LogP contribution in [-0.4, -0.2) is 17.6 Å². The zero-order chi connectivity index (χ0) is 21.5. The molecule has 3 aromatic rings. The molecule has 2 amide bonds. The second kappa shape index (κ2) is 10.1. The number of aryl methyl sites for hydroxylation is 2. The molecule has 0 aliphatic rings. The first-order valence-corrected chi connectivity index (χ1v) is 10.6. The molecule has 3 rings (SSSR count). The topological polar surface area (TPSA) is 58.2 Å². The van der Waals surface area contributed by atoms with E-state index in [0.29, 0.717) is 5.69 Å². The lowest BCUT2D eigenvalue weighted by atomic mass is 10.1. The molecule has 0 saturated heterocycles. The molecule has 0 bridgehead atoms. The number of hydrogen-bond donors (Lipinski definition) is 2. The molecule has 3 aromatic carbocycles. The molecule has 0 aliphatic heterocycles. The van der Waals surface area contributed by atoms with Crippen LogP contribution in [0.25, 0.3) is 0 Å². The van der Waals surface area contributed by atoms with Gasteiger partial charge in [0.05, 0.1) is 11.3 Å². The lowest BCUT2D eigenvalue weighted by molar-refractivity contribution is -0.113. The number of hydrogen-bond acceptors (Lipinski definition) is 3. The first-order valence-electron chi connectivity index (χ1n) is 9.65. The summed E-state index contributed by atoms with van der Waals surface area (Å²) in [6.07, 6.45) is 0.852. The van der Waals surface area contributed by atoms with Crippen molar-refractivity contribution in [3.05, 3.63) is 89.2 Å². The van der Waals surface area contributed by atoms with E-state index in [-0.39, 0.29) is 17.2 Å². The Morgan fingerprint density at radius 2 is 1.67 bits per heavy atom. The SMILES string of the molecule is CCc1cccc(C)c1NC(=O)CSc1ccc(NC(=O)c2ccccc2F)cc1. The maximum atomic E-state index is 13.7. The molecule has 0 aliphatic carbocycles. The first kappa shape index (κ1) is 21.6. The van der Waals surface area contributed by atoms with E-state index in [2.05, 4.69) is 17.6 Å². The van der Waals surface area contributed by atoms with E-state index in [0.717, 1.165) is 28.1 Å². The van der Waals surface area contributed by atoms with Crippen LogP contribution in [0.15, 0.2) is 71.6 Å². The van der Waals surface area contributed by atoms with Crippen LogP contribution < -0.4 is 10.6 Å². The summed E-state index contributed by atoms with van der Waals surface area (Å²) in [5.74, 6) is -0.856. The molecule has 6 heteroatoms. The predicted octanol–water partition coefficient (Wildman–Crippen LogP) is 5.68. The minimum Gasteiger partial charge on any atom is -0.325 e. The van der Waals surface area contributed by atoms with E-state index in [1.165, 1.54) is 30.0 Å². The number of halogens is 1. The molecule has 2 N–H and O–H groups in total. The van der Waals surface area contributed by atoms with Gasteiger partial charge < -0.3 is 10.6 Å². The van der Waals surface area contributed by atoms with Gasteiger partial charge in [0.1, 0.15) is 5.82 Å². The van der Waals surface area contributed by atoms with Crippen molar-refractivity contribution in [1.29, 1.82) is 0 Å². The molecular weight excluding hydrogens is 399 g/mol. The Morgan fingerprint density at radius 1 is 0.933 bits per heavy atom. The second-order valence-electron chi connectivity index (χ2n) is 6.76. The third-order valence-corrected chi connectivity index (χ3v) is 5.62. The lowest BCUT2D eigenvalue weighted by Gasteiger charge is -2.13. The van der Waals surface area contributed by atoms with Gasteiger partial charge in [0, 0.05) is 16.3 Å². The summed E-state index contributed by atoms with van der Waals surface area (Å²) in [6.45, 7) is 4.04. The number of para-hydroxylation sites is 1. The maximum Gasteiger partial charge on any atom is 0.258 e. The van der Waals surface area contributed by atoms with Crippen LogP contribution in [0.5, 0.6) is 0 Å². The quantitative estimate of drug-likeness (QED) is 0.482. The van der Waals surface area contributed by atoms with E-state index >= 15 is 0 Å². The Labute approximate surface area is 179 Å². The minimum atomic E-state index is -0.562. The number of nitrogens with one attached hydrogen (secondary N) is 2. The fourth-order valence-electron chi connectivity index (χ4n) is 3.00. The van der Waals surface area contributed by atoms with Crippen LogP contribution in [0.3, 0.4) is 0 Å². The largest absolute Gasteiger partial charge is 0.325 e. The highest BCUT2D eigenvalue weighted by Crippen LogP contribution is 2.24. The lowest BCUT2D eigenvalue weighted by Crippen LogP contribution is -2.16. The van der Waals surface area contributed by atoms with Gasteiger partial charge in [0.2, 0.25) is 5.91 Å². The molecule has 0 fully saturated rings. The van der Waals surface area contributed by atoms with Crippen molar-refractivity contribution in [2.45, 2.75) is 25.2 Å². The summed E-state index contributed by atoms with van der Waals surface area (Å²) < 4.78 is 13.7. The highest BCUT2D eigenvalue weighted by atomic mass is 32.2. The van der Waals surface area contributed by atoms with Gasteiger partial charge in [-0.1, -0.05) is 37.3 Å². The molecule has 0 saturated carbocycles. The van der Waals surface area contributed by atoms with Crippen molar-refractivity contribution in [2.75, 3.05) is 16.4 Å². The van der Waals surface area contributed by atoms with E-state index in [9.17, 15) is 14.0 Å². The van der Waals surface area contributed by atoms with Crippen LogP contribution in [0.2, 0.25) is 0 Å². The average molecular weight is 423 g/mol. The Morgan fingerprint density at radius 3 is 2.37 bits per heavy atom. The highest BCUT2D eigenvalue weighted by molar-refractivity contribution is 8.00. The van der Waals surface area contributed by atoms with Crippen molar-refractivity contribution >= 4 is 35.0 Å². The van der Waals surface area contributed by atoms with E-state index in [1.807, 2.05) is 37.3 Å². The highest BCUT2D eigenvalue weighted by Gasteiger charge is 2.12. The van der Waals surface area contributed by atoms with E-state index in [1.54, 1.807) is 18.2 Å². The number of amides is 2.